The lowest BCUT2D eigenvalue weighted by atomic mass is 9.98. The SMILES string of the molecule is c1ccc(-c2ccc(N(c3ccc4c5c(-c6ccccc6)cccc5n(-c5ccccc5)c4c3)c3cc4ccccc4c4ccccc34)cc2)cc1. The fourth-order valence-corrected chi connectivity index (χ4v) is 7.99. The highest BCUT2D eigenvalue weighted by atomic mass is 15.1. The van der Waals surface area contributed by atoms with Crippen LogP contribution in [0.1, 0.15) is 0 Å². The molecular formula is C50H34N2. The number of aromatic nitrogens is 1. The molecule has 0 saturated carbocycles. The van der Waals surface area contributed by atoms with Gasteiger partial charge < -0.3 is 9.47 Å². The van der Waals surface area contributed by atoms with E-state index in [2.05, 4.69) is 216 Å². The predicted octanol–water partition coefficient (Wildman–Crippen LogP) is 13.9. The fourth-order valence-electron chi connectivity index (χ4n) is 7.99. The quantitative estimate of drug-likeness (QED) is 0.161. The molecule has 2 heteroatoms. The Morgan fingerprint density at radius 1 is 0.346 bits per heavy atom. The van der Waals surface area contributed by atoms with E-state index in [1.54, 1.807) is 0 Å². The van der Waals surface area contributed by atoms with Crippen molar-refractivity contribution in [1.29, 1.82) is 0 Å². The maximum Gasteiger partial charge on any atom is 0.0562 e. The lowest BCUT2D eigenvalue weighted by Gasteiger charge is -2.28. The molecule has 0 saturated heterocycles. The molecule has 10 rings (SSSR count). The first kappa shape index (κ1) is 30.0. The van der Waals surface area contributed by atoms with Crippen molar-refractivity contribution < 1.29 is 0 Å². The lowest BCUT2D eigenvalue weighted by molar-refractivity contribution is 1.18. The van der Waals surface area contributed by atoms with Crippen molar-refractivity contribution in [3.8, 4) is 27.9 Å². The third kappa shape index (κ3) is 4.96. The van der Waals surface area contributed by atoms with E-state index in [-0.39, 0.29) is 0 Å². The zero-order valence-electron chi connectivity index (χ0n) is 28.5. The Kier molecular flexibility index (Phi) is 7.18. The summed E-state index contributed by atoms with van der Waals surface area (Å²) >= 11 is 0. The van der Waals surface area contributed by atoms with Gasteiger partial charge in [-0.2, -0.15) is 0 Å². The molecule has 10 aromatic rings. The van der Waals surface area contributed by atoms with Crippen LogP contribution in [-0.4, -0.2) is 4.57 Å². The predicted molar refractivity (Wildman–Crippen MR) is 221 cm³/mol. The number of benzene rings is 9. The number of anilines is 3. The van der Waals surface area contributed by atoms with Gasteiger partial charge in [0.25, 0.3) is 0 Å². The highest BCUT2D eigenvalue weighted by Crippen LogP contribution is 2.45. The second-order valence-corrected chi connectivity index (χ2v) is 13.3. The molecular weight excluding hydrogens is 629 g/mol. The van der Waals surface area contributed by atoms with Gasteiger partial charge >= 0.3 is 0 Å². The van der Waals surface area contributed by atoms with Crippen LogP contribution in [0.25, 0.3) is 71.3 Å². The molecule has 244 valence electrons. The van der Waals surface area contributed by atoms with Gasteiger partial charge in [-0.1, -0.05) is 158 Å². The van der Waals surface area contributed by atoms with E-state index in [1.165, 1.54) is 60.1 Å². The lowest BCUT2D eigenvalue weighted by Crippen LogP contribution is -2.11. The van der Waals surface area contributed by atoms with Crippen molar-refractivity contribution in [3.63, 3.8) is 0 Å². The van der Waals surface area contributed by atoms with Crippen LogP contribution in [0.3, 0.4) is 0 Å². The van der Waals surface area contributed by atoms with Gasteiger partial charge in [-0.15, -0.1) is 0 Å². The van der Waals surface area contributed by atoms with Crippen molar-refractivity contribution in [2.45, 2.75) is 0 Å². The van der Waals surface area contributed by atoms with Gasteiger partial charge in [-0.3, -0.25) is 0 Å². The van der Waals surface area contributed by atoms with Gasteiger partial charge in [0.15, 0.2) is 0 Å². The molecule has 2 nitrogen and oxygen atoms in total. The molecule has 9 aromatic carbocycles. The van der Waals surface area contributed by atoms with Gasteiger partial charge in [0, 0.05) is 33.2 Å². The Morgan fingerprint density at radius 3 is 1.69 bits per heavy atom. The number of hydrogen-bond acceptors (Lipinski definition) is 1. The number of nitrogens with zero attached hydrogens (tertiary/aromatic N) is 2. The van der Waals surface area contributed by atoms with Crippen LogP contribution < -0.4 is 4.90 Å². The minimum absolute atomic E-state index is 1.10. The molecule has 0 radical (unpaired) electrons. The molecule has 0 aliphatic carbocycles. The van der Waals surface area contributed by atoms with Gasteiger partial charge in [-0.25, -0.2) is 0 Å². The smallest absolute Gasteiger partial charge is 0.0562 e. The standard InChI is InChI=1S/C50H34N2/c1-4-15-35(16-5-1)36-27-29-40(30-28-36)51(48-33-38-19-10-11-22-42(38)44-23-12-13-24-45(44)48)41-31-32-46-49(34-41)52(39-20-8-3-9-21-39)47-26-14-25-43(50(46)47)37-17-6-2-7-18-37/h1-34H. The van der Waals surface area contributed by atoms with Crippen LogP contribution in [0.5, 0.6) is 0 Å². The second kappa shape index (κ2) is 12.5. The van der Waals surface area contributed by atoms with Crippen molar-refractivity contribution in [3.05, 3.63) is 206 Å². The van der Waals surface area contributed by atoms with E-state index in [0.717, 1.165) is 28.3 Å². The van der Waals surface area contributed by atoms with Crippen LogP contribution in [0.4, 0.5) is 17.1 Å². The summed E-state index contributed by atoms with van der Waals surface area (Å²) in [6.07, 6.45) is 0. The fraction of sp³-hybridized carbons (Fsp3) is 0. The van der Waals surface area contributed by atoms with Crippen LogP contribution in [0.15, 0.2) is 206 Å². The monoisotopic (exact) mass is 662 g/mol. The Hall–Kier alpha value is -6.90. The van der Waals surface area contributed by atoms with Gasteiger partial charge in [-0.05, 0) is 86.9 Å². The zero-order valence-corrected chi connectivity index (χ0v) is 28.5. The molecule has 1 aromatic heterocycles. The molecule has 0 unspecified atom stereocenters. The number of fused-ring (bicyclic) bond motifs is 6. The Balaban J connectivity index is 1.27. The third-order valence-corrected chi connectivity index (χ3v) is 10.4. The molecule has 1 heterocycles. The Bertz CT molecular complexity index is 2870. The summed E-state index contributed by atoms with van der Waals surface area (Å²) in [5.41, 5.74) is 11.7. The molecule has 0 aliphatic heterocycles. The maximum absolute atomic E-state index is 2.44. The van der Waals surface area contributed by atoms with Crippen molar-refractivity contribution in [2.24, 2.45) is 0 Å². The topological polar surface area (TPSA) is 8.17 Å². The summed E-state index contributed by atoms with van der Waals surface area (Å²) in [5, 5.41) is 7.42. The first-order chi connectivity index (χ1) is 25.8. The highest BCUT2D eigenvalue weighted by Gasteiger charge is 2.21. The Labute approximate surface area is 303 Å². The van der Waals surface area contributed by atoms with E-state index in [4.69, 9.17) is 0 Å². The minimum atomic E-state index is 1.10. The first-order valence-electron chi connectivity index (χ1n) is 17.9. The summed E-state index contributed by atoms with van der Waals surface area (Å²) in [6.45, 7) is 0. The second-order valence-electron chi connectivity index (χ2n) is 13.3. The average molecular weight is 663 g/mol. The van der Waals surface area contributed by atoms with E-state index in [9.17, 15) is 0 Å². The van der Waals surface area contributed by atoms with Crippen LogP contribution in [0, 0.1) is 0 Å². The van der Waals surface area contributed by atoms with E-state index in [1.807, 2.05) is 0 Å². The average Bonchev–Trinajstić information content (AvgIpc) is 3.56. The summed E-state index contributed by atoms with van der Waals surface area (Å²) in [7, 11) is 0. The largest absolute Gasteiger partial charge is 0.310 e. The minimum Gasteiger partial charge on any atom is -0.310 e. The van der Waals surface area contributed by atoms with Crippen LogP contribution in [0.2, 0.25) is 0 Å². The molecule has 52 heavy (non-hydrogen) atoms. The number of hydrogen-bond donors (Lipinski definition) is 0. The van der Waals surface area contributed by atoms with E-state index >= 15 is 0 Å². The summed E-state index contributed by atoms with van der Waals surface area (Å²) in [6, 6.07) is 74.7. The molecule has 0 fully saturated rings. The highest BCUT2D eigenvalue weighted by molar-refractivity contribution is 6.18. The molecule has 0 aliphatic rings. The molecule has 0 N–H and O–H groups in total. The molecule has 0 amide bonds. The molecule has 0 spiro atoms. The van der Waals surface area contributed by atoms with Crippen molar-refractivity contribution >= 4 is 60.4 Å². The van der Waals surface area contributed by atoms with Crippen LogP contribution in [-0.2, 0) is 0 Å². The van der Waals surface area contributed by atoms with Crippen molar-refractivity contribution in [1.82, 2.24) is 4.57 Å². The maximum atomic E-state index is 2.44. The van der Waals surface area contributed by atoms with Gasteiger partial charge in [0.2, 0.25) is 0 Å². The molecule has 0 atom stereocenters. The van der Waals surface area contributed by atoms with Gasteiger partial charge in [0.05, 0.1) is 16.7 Å². The van der Waals surface area contributed by atoms with Gasteiger partial charge in [0.1, 0.15) is 0 Å². The third-order valence-electron chi connectivity index (χ3n) is 10.4. The molecule has 0 bridgehead atoms. The summed E-state index contributed by atoms with van der Waals surface area (Å²) < 4.78 is 2.43. The zero-order chi connectivity index (χ0) is 34.4. The summed E-state index contributed by atoms with van der Waals surface area (Å²) in [5.74, 6) is 0. The van der Waals surface area contributed by atoms with Crippen LogP contribution >= 0.6 is 0 Å². The van der Waals surface area contributed by atoms with Crippen molar-refractivity contribution in [2.75, 3.05) is 4.90 Å². The number of rotatable bonds is 6. The number of para-hydroxylation sites is 1. The summed E-state index contributed by atoms with van der Waals surface area (Å²) in [4.78, 5) is 2.44. The first-order valence-corrected chi connectivity index (χ1v) is 17.9. The normalized spacial score (nSPS) is 11.5. The van der Waals surface area contributed by atoms with E-state index in [0.29, 0.717) is 0 Å². The van der Waals surface area contributed by atoms with E-state index < -0.39 is 0 Å². The Morgan fingerprint density at radius 2 is 0.942 bits per heavy atom.